The molecule has 102 valence electrons. The van der Waals surface area contributed by atoms with E-state index in [0.29, 0.717) is 0 Å². The van der Waals surface area contributed by atoms with E-state index in [9.17, 15) is 5.11 Å². The molecule has 0 aliphatic carbocycles. The van der Waals surface area contributed by atoms with Crippen molar-refractivity contribution in [3.05, 3.63) is 84.9 Å². The molecule has 1 N–H and O–H groups in total. The van der Waals surface area contributed by atoms with E-state index in [2.05, 4.69) is 18.7 Å². The lowest BCUT2D eigenvalue weighted by Gasteiger charge is -2.15. The minimum atomic E-state index is 0.253. The Morgan fingerprint density at radius 1 is 0.714 bits per heavy atom. The zero-order valence-electron chi connectivity index (χ0n) is 11.7. The van der Waals surface area contributed by atoms with Crippen molar-refractivity contribution in [1.29, 1.82) is 0 Å². The maximum absolute atomic E-state index is 10.2. The third-order valence-electron chi connectivity index (χ3n) is 3.57. The van der Waals surface area contributed by atoms with E-state index in [1.165, 1.54) is 0 Å². The lowest BCUT2D eigenvalue weighted by atomic mass is 9.90. The average molecular weight is 272 g/mol. The Balaban J connectivity index is 2.34. The highest BCUT2D eigenvalue weighted by Crippen LogP contribution is 2.39. The van der Waals surface area contributed by atoms with Gasteiger partial charge in [-0.25, -0.2) is 0 Å². The van der Waals surface area contributed by atoms with E-state index in [0.717, 1.165) is 27.8 Å². The van der Waals surface area contributed by atoms with E-state index in [1.54, 1.807) is 12.1 Å². The Kier molecular flexibility index (Phi) is 3.57. The molecule has 0 spiro atoms. The van der Waals surface area contributed by atoms with Crippen molar-refractivity contribution in [2.75, 3.05) is 0 Å². The summed E-state index contributed by atoms with van der Waals surface area (Å²) in [4.78, 5) is 0. The molecule has 0 fully saturated rings. The smallest absolute Gasteiger partial charge is 0.123 e. The Morgan fingerprint density at radius 3 is 1.86 bits per heavy atom. The van der Waals surface area contributed by atoms with Crippen molar-refractivity contribution in [2.45, 2.75) is 0 Å². The molecule has 0 unspecified atom stereocenters. The third kappa shape index (κ3) is 2.46. The average Bonchev–Trinajstić information content (AvgIpc) is 2.56. The standard InChI is InChI=1S/C20H16O/c1-2-17-19(21)14-13-18(15-9-5-3-6-10-15)20(17)16-11-7-4-8-12-16/h2-14,21H,1H2. The normalized spacial score (nSPS) is 10.3. The highest BCUT2D eigenvalue weighted by atomic mass is 16.3. The molecular formula is C20H16O. The Hall–Kier alpha value is -2.80. The van der Waals surface area contributed by atoms with Crippen molar-refractivity contribution in [1.82, 2.24) is 0 Å². The third-order valence-corrected chi connectivity index (χ3v) is 3.57. The predicted molar refractivity (Wildman–Crippen MR) is 89.1 cm³/mol. The van der Waals surface area contributed by atoms with Crippen molar-refractivity contribution in [3.8, 4) is 28.0 Å². The highest BCUT2D eigenvalue weighted by Gasteiger charge is 2.13. The van der Waals surface area contributed by atoms with Gasteiger partial charge in [-0.05, 0) is 22.8 Å². The molecule has 0 atom stereocenters. The number of phenols is 1. The minimum absolute atomic E-state index is 0.253. The molecule has 0 aromatic heterocycles. The van der Waals surface area contributed by atoms with E-state index in [1.807, 2.05) is 54.6 Å². The first kappa shape index (κ1) is 13.2. The quantitative estimate of drug-likeness (QED) is 0.679. The van der Waals surface area contributed by atoms with Gasteiger partial charge in [-0.3, -0.25) is 0 Å². The molecule has 0 saturated heterocycles. The first-order chi connectivity index (χ1) is 10.3. The summed E-state index contributed by atoms with van der Waals surface area (Å²) in [5.41, 5.74) is 5.07. The predicted octanol–water partition coefficient (Wildman–Crippen LogP) is 5.37. The molecule has 0 amide bonds. The zero-order valence-corrected chi connectivity index (χ0v) is 11.7. The van der Waals surface area contributed by atoms with Crippen LogP contribution in [0.2, 0.25) is 0 Å². The molecule has 1 nitrogen and oxygen atoms in total. The fraction of sp³-hybridized carbons (Fsp3) is 0. The SMILES string of the molecule is C=Cc1c(O)ccc(-c2ccccc2)c1-c1ccccc1. The zero-order chi connectivity index (χ0) is 14.7. The minimum Gasteiger partial charge on any atom is -0.507 e. The fourth-order valence-corrected chi connectivity index (χ4v) is 2.59. The number of benzene rings is 3. The Bertz CT molecular complexity index is 759. The largest absolute Gasteiger partial charge is 0.507 e. The van der Waals surface area contributed by atoms with Crippen LogP contribution in [0.25, 0.3) is 28.3 Å². The Morgan fingerprint density at radius 2 is 1.29 bits per heavy atom. The van der Waals surface area contributed by atoms with Gasteiger partial charge in [0, 0.05) is 11.1 Å². The second-order valence-electron chi connectivity index (χ2n) is 4.86. The molecule has 3 aromatic carbocycles. The summed E-state index contributed by atoms with van der Waals surface area (Å²) >= 11 is 0. The van der Waals surface area contributed by atoms with Crippen LogP contribution in [0, 0.1) is 0 Å². The molecule has 0 aliphatic rings. The van der Waals surface area contributed by atoms with Gasteiger partial charge in [0.25, 0.3) is 0 Å². The summed E-state index contributed by atoms with van der Waals surface area (Å²) in [7, 11) is 0. The molecule has 3 aromatic rings. The monoisotopic (exact) mass is 272 g/mol. The number of hydrogen-bond donors (Lipinski definition) is 1. The van der Waals surface area contributed by atoms with Crippen LogP contribution in [0.4, 0.5) is 0 Å². The first-order valence-electron chi connectivity index (χ1n) is 6.90. The molecule has 0 saturated carbocycles. The van der Waals surface area contributed by atoms with Crippen LogP contribution in [0.15, 0.2) is 79.4 Å². The van der Waals surface area contributed by atoms with Crippen LogP contribution in [0.3, 0.4) is 0 Å². The molecule has 0 radical (unpaired) electrons. The summed E-state index contributed by atoms with van der Waals surface area (Å²) in [6.45, 7) is 3.85. The number of hydrogen-bond acceptors (Lipinski definition) is 1. The van der Waals surface area contributed by atoms with E-state index < -0.39 is 0 Å². The molecule has 0 bridgehead atoms. The van der Waals surface area contributed by atoms with Crippen molar-refractivity contribution < 1.29 is 5.11 Å². The summed E-state index contributed by atoms with van der Waals surface area (Å²) < 4.78 is 0. The van der Waals surface area contributed by atoms with Gasteiger partial charge in [0.15, 0.2) is 0 Å². The van der Waals surface area contributed by atoms with E-state index in [-0.39, 0.29) is 5.75 Å². The van der Waals surface area contributed by atoms with Gasteiger partial charge in [-0.15, -0.1) is 0 Å². The number of rotatable bonds is 3. The lowest BCUT2D eigenvalue weighted by Crippen LogP contribution is -1.90. The van der Waals surface area contributed by atoms with Crippen LogP contribution in [-0.4, -0.2) is 5.11 Å². The maximum Gasteiger partial charge on any atom is 0.123 e. The van der Waals surface area contributed by atoms with Crippen LogP contribution in [-0.2, 0) is 0 Å². The fourth-order valence-electron chi connectivity index (χ4n) is 2.59. The number of aromatic hydroxyl groups is 1. The second kappa shape index (κ2) is 5.68. The highest BCUT2D eigenvalue weighted by molar-refractivity contribution is 5.91. The molecular weight excluding hydrogens is 256 g/mol. The van der Waals surface area contributed by atoms with Gasteiger partial charge in [0.2, 0.25) is 0 Å². The second-order valence-corrected chi connectivity index (χ2v) is 4.86. The van der Waals surface area contributed by atoms with Crippen molar-refractivity contribution in [2.24, 2.45) is 0 Å². The van der Waals surface area contributed by atoms with E-state index >= 15 is 0 Å². The van der Waals surface area contributed by atoms with Crippen LogP contribution >= 0.6 is 0 Å². The van der Waals surface area contributed by atoms with Gasteiger partial charge in [0.05, 0.1) is 0 Å². The summed E-state index contributed by atoms with van der Waals surface area (Å²) in [5.74, 6) is 0.253. The molecule has 3 rings (SSSR count). The van der Waals surface area contributed by atoms with Crippen LogP contribution < -0.4 is 0 Å². The first-order valence-corrected chi connectivity index (χ1v) is 6.90. The van der Waals surface area contributed by atoms with Crippen LogP contribution in [0.5, 0.6) is 5.75 Å². The molecule has 1 heteroatoms. The van der Waals surface area contributed by atoms with Crippen molar-refractivity contribution in [3.63, 3.8) is 0 Å². The van der Waals surface area contributed by atoms with E-state index in [4.69, 9.17) is 0 Å². The molecule has 0 aliphatic heterocycles. The van der Waals surface area contributed by atoms with Gasteiger partial charge < -0.3 is 5.11 Å². The maximum atomic E-state index is 10.2. The summed E-state index contributed by atoms with van der Waals surface area (Å²) in [6.07, 6.45) is 1.71. The van der Waals surface area contributed by atoms with Crippen LogP contribution in [0.1, 0.15) is 5.56 Å². The van der Waals surface area contributed by atoms with Gasteiger partial charge >= 0.3 is 0 Å². The molecule has 21 heavy (non-hydrogen) atoms. The van der Waals surface area contributed by atoms with Gasteiger partial charge in [-0.1, -0.05) is 79.4 Å². The van der Waals surface area contributed by atoms with Gasteiger partial charge in [0.1, 0.15) is 5.75 Å². The summed E-state index contributed by atoms with van der Waals surface area (Å²) in [6, 6.07) is 24.0. The molecule has 0 heterocycles. The van der Waals surface area contributed by atoms with Gasteiger partial charge in [-0.2, -0.15) is 0 Å². The van der Waals surface area contributed by atoms with Crippen molar-refractivity contribution >= 4 is 6.08 Å². The summed E-state index contributed by atoms with van der Waals surface area (Å²) in [5, 5.41) is 10.2. The topological polar surface area (TPSA) is 20.2 Å². The number of phenolic OH excluding ortho intramolecular Hbond substituents is 1. The lowest BCUT2D eigenvalue weighted by molar-refractivity contribution is 0.474. The Labute approximate surface area is 124 Å².